The van der Waals surface area contributed by atoms with E-state index in [1.165, 1.54) is 0 Å². The van der Waals surface area contributed by atoms with Crippen molar-refractivity contribution in [2.75, 3.05) is 17.7 Å². The van der Waals surface area contributed by atoms with Crippen LogP contribution in [-0.2, 0) is 0 Å². The maximum absolute atomic E-state index is 13.5. The van der Waals surface area contributed by atoms with Gasteiger partial charge in [-0.25, -0.2) is 18.2 Å². The Labute approximate surface area is 107 Å². The third kappa shape index (κ3) is 2.93. The lowest BCUT2D eigenvalue weighted by molar-refractivity contribution is 0.496. The molecule has 0 saturated carbocycles. The Morgan fingerprint density at radius 1 is 0.947 bits per heavy atom. The van der Waals surface area contributed by atoms with Crippen LogP contribution >= 0.6 is 0 Å². The Morgan fingerprint density at radius 2 is 1.63 bits per heavy atom. The molecule has 0 amide bonds. The first-order valence-electron chi connectivity index (χ1n) is 5.44. The molecular weight excluding hydrogens is 257 g/mol. The smallest absolute Gasteiger partial charge is 0.224 e. The lowest BCUT2D eigenvalue weighted by Gasteiger charge is -2.09. The molecule has 1 aromatic heterocycles. The van der Waals surface area contributed by atoms with E-state index in [1.54, 1.807) is 20.0 Å². The molecule has 0 aliphatic carbocycles. The maximum atomic E-state index is 13.5. The van der Waals surface area contributed by atoms with Gasteiger partial charge in [-0.05, 0) is 6.92 Å². The van der Waals surface area contributed by atoms with E-state index in [4.69, 9.17) is 0 Å². The molecule has 1 aromatic carbocycles. The predicted molar refractivity (Wildman–Crippen MR) is 65.9 cm³/mol. The molecule has 1 heterocycles. The van der Waals surface area contributed by atoms with Gasteiger partial charge in [-0.3, -0.25) is 0 Å². The van der Waals surface area contributed by atoms with E-state index in [0.29, 0.717) is 17.7 Å². The number of benzene rings is 1. The Morgan fingerprint density at radius 3 is 2.32 bits per heavy atom. The van der Waals surface area contributed by atoms with Crippen LogP contribution in [0, 0.1) is 24.4 Å². The van der Waals surface area contributed by atoms with Gasteiger partial charge in [0.1, 0.15) is 11.6 Å². The third-order valence-electron chi connectivity index (χ3n) is 2.35. The number of aryl methyl sites for hydroxylation is 1. The second kappa shape index (κ2) is 5.13. The SMILES string of the molecule is CNc1nc(C)cc(Nc2cc(F)c(F)cc2F)n1. The molecule has 2 aromatic rings. The molecule has 2 N–H and O–H groups in total. The average Bonchev–Trinajstić information content (AvgIpc) is 2.35. The highest BCUT2D eigenvalue weighted by atomic mass is 19.2. The predicted octanol–water partition coefficient (Wildman–Crippen LogP) is 2.99. The van der Waals surface area contributed by atoms with Gasteiger partial charge in [-0.15, -0.1) is 0 Å². The first-order valence-corrected chi connectivity index (χ1v) is 5.44. The van der Waals surface area contributed by atoms with Crippen molar-refractivity contribution < 1.29 is 13.2 Å². The summed E-state index contributed by atoms with van der Waals surface area (Å²) in [5.41, 5.74) is 0.448. The molecule has 19 heavy (non-hydrogen) atoms. The van der Waals surface area contributed by atoms with Crippen molar-refractivity contribution >= 4 is 17.5 Å². The highest BCUT2D eigenvalue weighted by Gasteiger charge is 2.11. The molecule has 0 aliphatic rings. The van der Waals surface area contributed by atoms with Gasteiger partial charge in [0.15, 0.2) is 11.6 Å². The van der Waals surface area contributed by atoms with Crippen LogP contribution in [0.15, 0.2) is 18.2 Å². The number of halogens is 3. The van der Waals surface area contributed by atoms with E-state index >= 15 is 0 Å². The molecule has 2 rings (SSSR count). The van der Waals surface area contributed by atoms with Crippen molar-refractivity contribution in [3.8, 4) is 0 Å². The average molecular weight is 268 g/mol. The lowest BCUT2D eigenvalue weighted by Crippen LogP contribution is -2.03. The topological polar surface area (TPSA) is 49.8 Å². The van der Waals surface area contributed by atoms with Crippen LogP contribution in [0.4, 0.5) is 30.6 Å². The number of hydrogen-bond acceptors (Lipinski definition) is 4. The van der Waals surface area contributed by atoms with Gasteiger partial charge in [-0.1, -0.05) is 0 Å². The first kappa shape index (κ1) is 13.1. The quantitative estimate of drug-likeness (QED) is 0.840. The Bertz CT molecular complexity index is 616. The van der Waals surface area contributed by atoms with E-state index < -0.39 is 17.5 Å². The Balaban J connectivity index is 2.36. The standard InChI is InChI=1S/C12H11F3N4/c1-6-3-11(19-12(16-2)17-6)18-10-5-8(14)7(13)4-9(10)15/h3-5H,1-2H3,(H2,16,17,18,19). The summed E-state index contributed by atoms with van der Waals surface area (Å²) in [6, 6.07) is 2.77. The van der Waals surface area contributed by atoms with Gasteiger partial charge < -0.3 is 10.6 Å². The fraction of sp³-hybridized carbons (Fsp3) is 0.167. The van der Waals surface area contributed by atoms with Crippen molar-refractivity contribution in [1.82, 2.24) is 9.97 Å². The number of anilines is 3. The third-order valence-corrected chi connectivity index (χ3v) is 2.35. The summed E-state index contributed by atoms with van der Waals surface area (Å²) < 4.78 is 39.3. The zero-order valence-corrected chi connectivity index (χ0v) is 10.3. The van der Waals surface area contributed by atoms with Gasteiger partial charge in [-0.2, -0.15) is 4.98 Å². The van der Waals surface area contributed by atoms with Gasteiger partial charge in [0.25, 0.3) is 0 Å². The van der Waals surface area contributed by atoms with Crippen LogP contribution in [0.1, 0.15) is 5.69 Å². The van der Waals surface area contributed by atoms with Crippen LogP contribution in [0.25, 0.3) is 0 Å². The van der Waals surface area contributed by atoms with Gasteiger partial charge in [0, 0.05) is 30.9 Å². The normalized spacial score (nSPS) is 10.4. The molecule has 0 bridgehead atoms. The monoisotopic (exact) mass is 268 g/mol. The molecular formula is C12H11F3N4. The van der Waals surface area contributed by atoms with Crippen LogP contribution in [0.5, 0.6) is 0 Å². The number of nitrogens with one attached hydrogen (secondary N) is 2. The molecule has 0 saturated heterocycles. The molecule has 0 radical (unpaired) electrons. The van der Waals surface area contributed by atoms with Crippen molar-refractivity contribution in [2.24, 2.45) is 0 Å². The highest BCUT2D eigenvalue weighted by Crippen LogP contribution is 2.22. The summed E-state index contributed by atoms with van der Waals surface area (Å²) in [5.74, 6) is -2.66. The van der Waals surface area contributed by atoms with Crippen LogP contribution in [-0.4, -0.2) is 17.0 Å². The Hall–Kier alpha value is -2.31. The lowest BCUT2D eigenvalue weighted by atomic mass is 10.2. The highest BCUT2D eigenvalue weighted by molar-refractivity contribution is 5.58. The molecule has 0 unspecified atom stereocenters. The molecule has 0 spiro atoms. The number of nitrogens with zero attached hydrogens (tertiary/aromatic N) is 2. The summed E-state index contributed by atoms with van der Waals surface area (Å²) in [5, 5.41) is 5.32. The zero-order valence-electron chi connectivity index (χ0n) is 10.3. The zero-order chi connectivity index (χ0) is 14.0. The van der Waals surface area contributed by atoms with Crippen LogP contribution < -0.4 is 10.6 Å². The van der Waals surface area contributed by atoms with Crippen molar-refractivity contribution in [3.63, 3.8) is 0 Å². The number of rotatable bonds is 3. The van der Waals surface area contributed by atoms with Gasteiger partial charge in [0.2, 0.25) is 5.95 Å². The van der Waals surface area contributed by atoms with Crippen molar-refractivity contribution in [3.05, 3.63) is 41.3 Å². The van der Waals surface area contributed by atoms with Gasteiger partial charge in [0.05, 0.1) is 5.69 Å². The largest absolute Gasteiger partial charge is 0.357 e. The second-order valence-corrected chi connectivity index (χ2v) is 3.84. The molecule has 0 fully saturated rings. The fourth-order valence-corrected chi connectivity index (χ4v) is 1.50. The summed E-state index contributed by atoms with van der Waals surface area (Å²) >= 11 is 0. The minimum absolute atomic E-state index is 0.195. The van der Waals surface area contributed by atoms with E-state index in [2.05, 4.69) is 20.6 Å². The van der Waals surface area contributed by atoms with Crippen LogP contribution in [0.3, 0.4) is 0 Å². The van der Waals surface area contributed by atoms with E-state index in [0.717, 1.165) is 6.07 Å². The molecule has 0 atom stereocenters. The van der Waals surface area contributed by atoms with Crippen LogP contribution in [0.2, 0.25) is 0 Å². The molecule has 0 aliphatic heterocycles. The van der Waals surface area contributed by atoms with Gasteiger partial charge >= 0.3 is 0 Å². The Kier molecular flexibility index (Phi) is 3.55. The minimum atomic E-state index is -1.24. The van der Waals surface area contributed by atoms with E-state index in [9.17, 15) is 13.2 Å². The number of aromatic nitrogens is 2. The van der Waals surface area contributed by atoms with Crippen molar-refractivity contribution in [1.29, 1.82) is 0 Å². The van der Waals surface area contributed by atoms with E-state index in [-0.39, 0.29) is 11.5 Å². The molecule has 100 valence electrons. The van der Waals surface area contributed by atoms with Crippen molar-refractivity contribution in [2.45, 2.75) is 6.92 Å². The summed E-state index contributed by atoms with van der Waals surface area (Å²) in [7, 11) is 1.64. The summed E-state index contributed by atoms with van der Waals surface area (Å²) in [6.07, 6.45) is 0. The fourth-order valence-electron chi connectivity index (χ4n) is 1.50. The second-order valence-electron chi connectivity index (χ2n) is 3.84. The molecule has 4 nitrogen and oxygen atoms in total. The molecule has 7 heteroatoms. The summed E-state index contributed by atoms with van der Waals surface area (Å²) in [6.45, 7) is 1.73. The maximum Gasteiger partial charge on any atom is 0.224 e. The van der Waals surface area contributed by atoms with E-state index in [1.807, 2.05) is 0 Å². The summed E-state index contributed by atoms with van der Waals surface area (Å²) in [4.78, 5) is 8.08. The minimum Gasteiger partial charge on any atom is -0.357 e. The number of hydrogen-bond donors (Lipinski definition) is 2. The first-order chi connectivity index (χ1) is 8.99.